The van der Waals surface area contributed by atoms with Crippen molar-refractivity contribution >= 4 is 5.91 Å². The van der Waals surface area contributed by atoms with Gasteiger partial charge in [-0.1, -0.05) is 6.07 Å². The lowest BCUT2D eigenvalue weighted by atomic mass is 9.96. The van der Waals surface area contributed by atoms with Gasteiger partial charge in [-0.3, -0.25) is 4.79 Å². The molecule has 1 aliphatic rings. The molecule has 1 fully saturated rings. The molecule has 1 saturated heterocycles. The maximum Gasteiger partial charge on any atom is 0.272 e. The summed E-state index contributed by atoms with van der Waals surface area (Å²) in [6, 6.07) is 7.31. The van der Waals surface area contributed by atoms with Crippen molar-refractivity contribution in [1.82, 2.24) is 25.0 Å². The second-order valence-corrected chi connectivity index (χ2v) is 5.62. The van der Waals surface area contributed by atoms with Crippen LogP contribution in [0.1, 0.15) is 23.3 Å². The summed E-state index contributed by atoms with van der Waals surface area (Å²) in [6.07, 6.45) is 5.61. The predicted octanol–water partition coefficient (Wildman–Crippen LogP) is 1.34. The standard InChI is InChI=1S/C16H21N5O/c1-17-12-13-6-10-20(11-7-13)16(22)14-4-2-5-15(19-14)21-9-3-8-18-21/h2-5,8-9,13,17H,6-7,10-12H2,1H3. The van der Waals surface area contributed by atoms with E-state index in [2.05, 4.69) is 15.4 Å². The van der Waals surface area contributed by atoms with Gasteiger partial charge in [0.05, 0.1) is 0 Å². The second kappa shape index (κ2) is 6.70. The molecule has 6 heteroatoms. The summed E-state index contributed by atoms with van der Waals surface area (Å²) in [7, 11) is 1.97. The summed E-state index contributed by atoms with van der Waals surface area (Å²) in [6.45, 7) is 2.63. The molecule has 1 N–H and O–H groups in total. The zero-order valence-electron chi connectivity index (χ0n) is 12.8. The fraction of sp³-hybridized carbons (Fsp3) is 0.438. The van der Waals surface area contributed by atoms with Crippen LogP contribution < -0.4 is 5.32 Å². The monoisotopic (exact) mass is 299 g/mol. The molecule has 0 unspecified atom stereocenters. The van der Waals surface area contributed by atoms with Crippen molar-refractivity contribution in [3.8, 4) is 5.82 Å². The minimum atomic E-state index is 0.0110. The Bertz CT molecular complexity index is 617. The van der Waals surface area contributed by atoms with Gasteiger partial charge in [-0.25, -0.2) is 9.67 Å². The molecule has 1 aliphatic heterocycles. The molecule has 1 amide bonds. The van der Waals surface area contributed by atoms with E-state index in [4.69, 9.17) is 0 Å². The lowest BCUT2D eigenvalue weighted by Crippen LogP contribution is -2.40. The minimum Gasteiger partial charge on any atom is -0.337 e. The summed E-state index contributed by atoms with van der Waals surface area (Å²) >= 11 is 0. The summed E-state index contributed by atoms with van der Waals surface area (Å²) in [5, 5.41) is 7.36. The molecule has 3 rings (SSSR count). The van der Waals surface area contributed by atoms with Crippen LogP contribution >= 0.6 is 0 Å². The highest BCUT2D eigenvalue weighted by atomic mass is 16.2. The normalized spacial score (nSPS) is 16.0. The molecule has 0 aromatic carbocycles. The van der Waals surface area contributed by atoms with Crippen LogP contribution in [0.4, 0.5) is 0 Å². The van der Waals surface area contributed by atoms with Gasteiger partial charge in [0.25, 0.3) is 5.91 Å². The first kappa shape index (κ1) is 14.7. The molecule has 0 bridgehead atoms. The first-order valence-corrected chi connectivity index (χ1v) is 7.69. The number of nitrogens with zero attached hydrogens (tertiary/aromatic N) is 4. The smallest absolute Gasteiger partial charge is 0.272 e. The Balaban J connectivity index is 1.69. The van der Waals surface area contributed by atoms with Crippen LogP contribution in [-0.2, 0) is 0 Å². The fourth-order valence-corrected chi connectivity index (χ4v) is 2.87. The highest BCUT2D eigenvalue weighted by Gasteiger charge is 2.24. The van der Waals surface area contributed by atoms with Gasteiger partial charge in [0.2, 0.25) is 0 Å². The van der Waals surface area contributed by atoms with Crippen molar-refractivity contribution in [2.24, 2.45) is 5.92 Å². The van der Waals surface area contributed by atoms with Crippen LogP contribution in [-0.4, -0.2) is 52.3 Å². The number of carbonyl (C=O) groups excluding carboxylic acids is 1. The highest BCUT2D eigenvalue weighted by molar-refractivity contribution is 5.92. The van der Waals surface area contributed by atoms with Gasteiger partial charge < -0.3 is 10.2 Å². The Hall–Kier alpha value is -2.21. The summed E-state index contributed by atoms with van der Waals surface area (Å²) in [5.74, 6) is 1.34. The molecule has 3 heterocycles. The Labute approximate surface area is 130 Å². The number of hydrogen-bond acceptors (Lipinski definition) is 4. The maximum absolute atomic E-state index is 12.6. The fourth-order valence-electron chi connectivity index (χ4n) is 2.87. The Morgan fingerprint density at radius 2 is 2.14 bits per heavy atom. The van der Waals surface area contributed by atoms with Crippen molar-refractivity contribution in [1.29, 1.82) is 0 Å². The number of rotatable bonds is 4. The Morgan fingerprint density at radius 1 is 1.32 bits per heavy atom. The van der Waals surface area contributed by atoms with E-state index in [1.807, 2.05) is 36.3 Å². The summed E-state index contributed by atoms with van der Waals surface area (Å²) in [5.41, 5.74) is 0.486. The molecule has 0 atom stereocenters. The van der Waals surface area contributed by atoms with Crippen LogP contribution in [0.3, 0.4) is 0 Å². The highest BCUT2D eigenvalue weighted by Crippen LogP contribution is 2.18. The molecule has 0 spiro atoms. The van der Waals surface area contributed by atoms with E-state index in [0.717, 1.165) is 32.5 Å². The molecular weight excluding hydrogens is 278 g/mol. The minimum absolute atomic E-state index is 0.0110. The van der Waals surface area contributed by atoms with Gasteiger partial charge in [0.1, 0.15) is 5.69 Å². The lowest BCUT2D eigenvalue weighted by Gasteiger charge is -2.31. The predicted molar refractivity (Wildman–Crippen MR) is 83.9 cm³/mol. The zero-order chi connectivity index (χ0) is 15.4. The first-order valence-electron chi connectivity index (χ1n) is 7.69. The van der Waals surface area contributed by atoms with Crippen LogP contribution in [0.15, 0.2) is 36.7 Å². The molecule has 0 aliphatic carbocycles. The van der Waals surface area contributed by atoms with Crippen molar-refractivity contribution in [3.05, 3.63) is 42.4 Å². The second-order valence-electron chi connectivity index (χ2n) is 5.62. The number of likely N-dealkylation sites (tertiary alicyclic amines) is 1. The van der Waals surface area contributed by atoms with E-state index in [1.165, 1.54) is 0 Å². The molecule has 22 heavy (non-hydrogen) atoms. The largest absolute Gasteiger partial charge is 0.337 e. The third-order valence-corrected chi connectivity index (χ3v) is 4.09. The van der Waals surface area contributed by atoms with Gasteiger partial charge in [0, 0.05) is 25.5 Å². The molecule has 0 radical (unpaired) electrons. The number of nitrogens with one attached hydrogen (secondary N) is 1. The van der Waals surface area contributed by atoms with Gasteiger partial charge in [0.15, 0.2) is 5.82 Å². The van der Waals surface area contributed by atoms with Gasteiger partial charge in [-0.15, -0.1) is 0 Å². The van der Waals surface area contributed by atoms with E-state index in [0.29, 0.717) is 17.4 Å². The van der Waals surface area contributed by atoms with Gasteiger partial charge >= 0.3 is 0 Å². The first-order chi connectivity index (χ1) is 10.8. The van der Waals surface area contributed by atoms with Gasteiger partial charge in [-0.2, -0.15) is 5.10 Å². The van der Waals surface area contributed by atoms with Crippen molar-refractivity contribution in [2.75, 3.05) is 26.7 Å². The van der Waals surface area contributed by atoms with E-state index < -0.39 is 0 Å². The number of aromatic nitrogens is 3. The third-order valence-electron chi connectivity index (χ3n) is 4.09. The number of pyridine rings is 1. The molecule has 2 aromatic rings. The average Bonchev–Trinajstić information content (AvgIpc) is 3.10. The number of carbonyl (C=O) groups is 1. The number of hydrogen-bond donors (Lipinski definition) is 1. The zero-order valence-corrected chi connectivity index (χ0v) is 12.8. The summed E-state index contributed by atoms with van der Waals surface area (Å²) in [4.78, 5) is 19.0. The van der Waals surface area contributed by atoms with E-state index in [1.54, 1.807) is 16.9 Å². The summed E-state index contributed by atoms with van der Waals surface area (Å²) < 4.78 is 1.66. The van der Waals surface area contributed by atoms with E-state index >= 15 is 0 Å². The SMILES string of the molecule is CNCC1CCN(C(=O)c2cccc(-n3cccn3)n2)CC1. The van der Waals surface area contributed by atoms with Crippen LogP contribution in [0.5, 0.6) is 0 Å². The lowest BCUT2D eigenvalue weighted by molar-refractivity contribution is 0.0685. The van der Waals surface area contributed by atoms with E-state index in [9.17, 15) is 4.79 Å². The molecule has 6 nitrogen and oxygen atoms in total. The molecule has 2 aromatic heterocycles. The Morgan fingerprint density at radius 3 is 2.82 bits per heavy atom. The van der Waals surface area contributed by atoms with Crippen LogP contribution in [0.2, 0.25) is 0 Å². The molecule has 116 valence electrons. The number of piperidine rings is 1. The van der Waals surface area contributed by atoms with E-state index in [-0.39, 0.29) is 5.91 Å². The number of amides is 1. The van der Waals surface area contributed by atoms with Crippen molar-refractivity contribution < 1.29 is 4.79 Å². The molecule has 0 saturated carbocycles. The Kier molecular flexibility index (Phi) is 4.48. The average molecular weight is 299 g/mol. The van der Waals surface area contributed by atoms with Crippen LogP contribution in [0.25, 0.3) is 5.82 Å². The van der Waals surface area contributed by atoms with Crippen LogP contribution in [0, 0.1) is 5.92 Å². The maximum atomic E-state index is 12.6. The van der Waals surface area contributed by atoms with Crippen molar-refractivity contribution in [3.63, 3.8) is 0 Å². The van der Waals surface area contributed by atoms with Crippen molar-refractivity contribution in [2.45, 2.75) is 12.8 Å². The quantitative estimate of drug-likeness (QED) is 0.925. The topological polar surface area (TPSA) is 63.1 Å². The third kappa shape index (κ3) is 3.17. The van der Waals surface area contributed by atoms with Gasteiger partial charge in [-0.05, 0) is 50.6 Å². The molecular formula is C16H21N5O.